The molecule has 0 N–H and O–H groups in total. The second-order valence-corrected chi connectivity index (χ2v) is 6.94. The lowest BCUT2D eigenvalue weighted by Crippen LogP contribution is -2.15. The highest BCUT2D eigenvalue weighted by Gasteiger charge is 2.26. The molecule has 1 aliphatic carbocycles. The molecule has 2 aromatic carbocycles. The first-order valence-corrected chi connectivity index (χ1v) is 9.49. The number of hydrogen-bond donors (Lipinski definition) is 0. The number of ether oxygens (including phenoxy) is 1. The molecule has 30 heavy (non-hydrogen) atoms. The van der Waals surface area contributed by atoms with Gasteiger partial charge >= 0.3 is 5.97 Å². The van der Waals surface area contributed by atoms with E-state index in [9.17, 15) is 14.9 Å². The predicted molar refractivity (Wildman–Crippen MR) is 112 cm³/mol. The first-order valence-electron chi connectivity index (χ1n) is 9.49. The van der Waals surface area contributed by atoms with Gasteiger partial charge in [-0.2, -0.15) is 5.26 Å². The third kappa shape index (κ3) is 3.63. The molecule has 0 unspecified atom stereocenters. The number of hydrogen-bond acceptors (Lipinski definition) is 6. The van der Waals surface area contributed by atoms with Gasteiger partial charge in [-0.3, -0.25) is 10.1 Å². The highest BCUT2D eigenvalue weighted by atomic mass is 16.6. The monoisotopic (exact) mass is 399 g/mol. The molecule has 7 heteroatoms. The smallest absolute Gasteiger partial charge is 0.340 e. The number of esters is 1. The van der Waals surface area contributed by atoms with Crippen LogP contribution in [0.3, 0.4) is 0 Å². The van der Waals surface area contributed by atoms with Crippen LogP contribution in [0.15, 0.2) is 48.5 Å². The van der Waals surface area contributed by atoms with Crippen LogP contribution in [0.4, 0.5) is 5.69 Å². The lowest BCUT2D eigenvalue weighted by atomic mass is 9.86. The van der Waals surface area contributed by atoms with Crippen molar-refractivity contribution >= 4 is 34.2 Å². The zero-order valence-electron chi connectivity index (χ0n) is 16.0. The van der Waals surface area contributed by atoms with Gasteiger partial charge < -0.3 is 4.74 Å². The standard InChI is InChI=1S/C23H17N3O4/c24-12-13-30-23(27)21-18-5-1-2-7-20(18)25-22-16(4-3-6-19(21)22)14-15-8-10-17(11-9-15)26(28)29/h1-2,5,7-11,14H,3-4,6,13H2. The second-order valence-electron chi connectivity index (χ2n) is 6.94. The Morgan fingerprint density at radius 1 is 1.20 bits per heavy atom. The lowest BCUT2D eigenvalue weighted by Gasteiger charge is -2.22. The molecule has 4 rings (SSSR count). The molecule has 0 aliphatic heterocycles. The van der Waals surface area contributed by atoms with Gasteiger partial charge in [0.05, 0.1) is 21.7 Å². The zero-order valence-corrected chi connectivity index (χ0v) is 16.0. The fraction of sp³-hybridized carbons (Fsp3) is 0.174. The first kappa shape index (κ1) is 19.3. The zero-order chi connectivity index (χ0) is 21.1. The average Bonchev–Trinajstić information content (AvgIpc) is 2.76. The molecule has 0 saturated heterocycles. The first-order chi connectivity index (χ1) is 14.6. The van der Waals surface area contributed by atoms with Crippen molar-refractivity contribution in [3.63, 3.8) is 0 Å². The fourth-order valence-electron chi connectivity index (χ4n) is 3.77. The van der Waals surface area contributed by atoms with Crippen molar-refractivity contribution < 1.29 is 14.5 Å². The van der Waals surface area contributed by atoms with Crippen LogP contribution in [0.25, 0.3) is 22.6 Å². The van der Waals surface area contributed by atoms with E-state index in [1.165, 1.54) is 12.1 Å². The summed E-state index contributed by atoms with van der Waals surface area (Å²) in [6.07, 6.45) is 4.25. The van der Waals surface area contributed by atoms with Crippen molar-refractivity contribution in [1.29, 1.82) is 5.26 Å². The summed E-state index contributed by atoms with van der Waals surface area (Å²) in [7, 11) is 0. The molecule has 148 valence electrons. The minimum absolute atomic E-state index is 0.0350. The van der Waals surface area contributed by atoms with Gasteiger partial charge in [0.2, 0.25) is 0 Å². The Morgan fingerprint density at radius 3 is 2.70 bits per heavy atom. The number of para-hydroxylation sites is 1. The molecule has 0 amide bonds. The molecule has 7 nitrogen and oxygen atoms in total. The van der Waals surface area contributed by atoms with Gasteiger partial charge in [-0.1, -0.05) is 18.2 Å². The van der Waals surface area contributed by atoms with Crippen LogP contribution < -0.4 is 0 Å². The minimum atomic E-state index is -0.525. The Morgan fingerprint density at radius 2 is 1.97 bits per heavy atom. The molecule has 0 bridgehead atoms. The van der Waals surface area contributed by atoms with Crippen molar-refractivity contribution in [3.05, 3.63) is 81.0 Å². The van der Waals surface area contributed by atoms with E-state index in [2.05, 4.69) is 0 Å². The van der Waals surface area contributed by atoms with Crippen LogP contribution >= 0.6 is 0 Å². The molecular weight excluding hydrogens is 382 g/mol. The summed E-state index contributed by atoms with van der Waals surface area (Å²) in [6.45, 7) is -0.310. The summed E-state index contributed by atoms with van der Waals surface area (Å²) < 4.78 is 5.13. The highest BCUT2D eigenvalue weighted by Crippen LogP contribution is 2.36. The molecule has 0 fully saturated rings. The normalized spacial score (nSPS) is 14.2. The minimum Gasteiger partial charge on any atom is -0.447 e. The summed E-state index contributed by atoms with van der Waals surface area (Å²) >= 11 is 0. The second kappa shape index (κ2) is 8.13. The SMILES string of the molecule is N#CCOC(=O)c1c2c(nc3ccccc13)C(=Cc1ccc([N+](=O)[O-])cc1)CCC2. The lowest BCUT2D eigenvalue weighted by molar-refractivity contribution is -0.384. The summed E-state index contributed by atoms with van der Waals surface area (Å²) in [5.74, 6) is -0.525. The number of fused-ring (bicyclic) bond motifs is 2. The van der Waals surface area contributed by atoms with Crippen LogP contribution in [-0.2, 0) is 11.2 Å². The number of carbonyl (C=O) groups excluding carboxylic acids is 1. The molecule has 0 atom stereocenters. The molecule has 1 heterocycles. The van der Waals surface area contributed by atoms with E-state index in [0.29, 0.717) is 22.9 Å². The van der Waals surface area contributed by atoms with E-state index in [1.807, 2.05) is 36.4 Å². The number of aromatic nitrogens is 1. The van der Waals surface area contributed by atoms with Crippen molar-refractivity contribution in [3.8, 4) is 6.07 Å². The van der Waals surface area contributed by atoms with E-state index in [1.54, 1.807) is 12.1 Å². The molecular formula is C23H17N3O4. The Labute approximate surface area is 172 Å². The van der Waals surface area contributed by atoms with E-state index < -0.39 is 10.9 Å². The maximum atomic E-state index is 12.8. The van der Waals surface area contributed by atoms with Crippen LogP contribution in [0.2, 0.25) is 0 Å². The number of rotatable bonds is 4. The van der Waals surface area contributed by atoms with Crippen LogP contribution in [0, 0.1) is 21.4 Å². The van der Waals surface area contributed by atoms with Gasteiger partial charge in [0.25, 0.3) is 5.69 Å². The largest absolute Gasteiger partial charge is 0.447 e. The number of nitriles is 1. The van der Waals surface area contributed by atoms with Crippen molar-refractivity contribution in [2.75, 3.05) is 6.61 Å². The summed E-state index contributed by atoms with van der Waals surface area (Å²) in [6, 6.07) is 15.5. The van der Waals surface area contributed by atoms with Crippen molar-refractivity contribution in [2.24, 2.45) is 0 Å². The van der Waals surface area contributed by atoms with Gasteiger partial charge in [0.15, 0.2) is 6.61 Å². The van der Waals surface area contributed by atoms with Gasteiger partial charge in [-0.05, 0) is 60.2 Å². The predicted octanol–water partition coefficient (Wildman–Crippen LogP) is 4.70. The Bertz CT molecular complexity index is 1220. The fourth-order valence-corrected chi connectivity index (χ4v) is 3.77. The quantitative estimate of drug-likeness (QED) is 0.358. The van der Waals surface area contributed by atoms with Gasteiger partial charge in [0.1, 0.15) is 6.07 Å². The van der Waals surface area contributed by atoms with Crippen LogP contribution in [-0.4, -0.2) is 22.5 Å². The number of allylic oxidation sites excluding steroid dienone is 1. The number of nitro benzene ring substituents is 1. The molecule has 1 aliphatic rings. The number of nitro groups is 1. The maximum absolute atomic E-state index is 12.8. The van der Waals surface area contributed by atoms with Gasteiger partial charge in [0, 0.05) is 17.5 Å². The van der Waals surface area contributed by atoms with E-state index >= 15 is 0 Å². The third-order valence-corrected chi connectivity index (χ3v) is 5.09. The van der Waals surface area contributed by atoms with Crippen LogP contribution in [0.5, 0.6) is 0 Å². The molecule has 0 saturated carbocycles. The topological polar surface area (TPSA) is 106 Å². The summed E-state index contributed by atoms with van der Waals surface area (Å²) in [4.78, 5) is 28.0. The summed E-state index contributed by atoms with van der Waals surface area (Å²) in [5.41, 5.74) is 4.51. The number of benzene rings is 2. The number of nitrogens with zero attached hydrogens (tertiary/aromatic N) is 3. The molecule has 0 spiro atoms. The van der Waals surface area contributed by atoms with Crippen molar-refractivity contribution in [2.45, 2.75) is 19.3 Å². The van der Waals surface area contributed by atoms with Gasteiger partial charge in [-0.25, -0.2) is 9.78 Å². The third-order valence-electron chi connectivity index (χ3n) is 5.09. The summed E-state index contributed by atoms with van der Waals surface area (Å²) in [5, 5.41) is 20.4. The van der Waals surface area contributed by atoms with E-state index in [0.717, 1.165) is 35.2 Å². The molecule has 0 radical (unpaired) electrons. The number of pyridine rings is 1. The van der Waals surface area contributed by atoms with Crippen molar-refractivity contribution in [1.82, 2.24) is 4.98 Å². The van der Waals surface area contributed by atoms with Crippen LogP contribution in [0.1, 0.15) is 40.0 Å². The Kier molecular flexibility index (Phi) is 5.22. The number of non-ortho nitro benzene ring substituents is 1. The molecule has 3 aromatic rings. The average molecular weight is 399 g/mol. The Hall–Kier alpha value is -4.05. The van der Waals surface area contributed by atoms with Gasteiger partial charge in [-0.15, -0.1) is 0 Å². The maximum Gasteiger partial charge on any atom is 0.340 e. The van der Waals surface area contributed by atoms with E-state index in [4.69, 9.17) is 15.0 Å². The highest BCUT2D eigenvalue weighted by molar-refractivity contribution is 6.06. The Balaban J connectivity index is 1.85. The number of carbonyl (C=O) groups is 1. The molecule has 1 aromatic heterocycles. The van der Waals surface area contributed by atoms with E-state index in [-0.39, 0.29) is 12.3 Å².